The van der Waals surface area contributed by atoms with E-state index in [9.17, 15) is 17.6 Å². The van der Waals surface area contributed by atoms with Crippen LogP contribution in [0.1, 0.15) is 16.1 Å². The van der Waals surface area contributed by atoms with Gasteiger partial charge in [-0.05, 0) is 54.1 Å². The molecule has 1 amide bonds. The van der Waals surface area contributed by atoms with Crippen molar-refractivity contribution in [2.24, 2.45) is 0 Å². The topological polar surface area (TPSA) is 102 Å². The molecule has 12 heteroatoms. The minimum atomic E-state index is -3.93. The number of hydrogen-bond donors (Lipinski definition) is 1. The molecule has 0 bridgehead atoms. The van der Waals surface area contributed by atoms with E-state index in [-0.39, 0.29) is 26.7 Å². The van der Waals surface area contributed by atoms with Gasteiger partial charge < -0.3 is 4.42 Å². The summed E-state index contributed by atoms with van der Waals surface area (Å²) < 4.78 is 44.1. The molecule has 0 aliphatic heterocycles. The maximum atomic E-state index is 13.0. The van der Waals surface area contributed by atoms with E-state index < -0.39 is 15.7 Å². The molecule has 0 unspecified atom stereocenters. The quantitative estimate of drug-likeness (QED) is 0.266. The summed E-state index contributed by atoms with van der Waals surface area (Å²) in [5, 5.41) is 10.7. The van der Waals surface area contributed by atoms with E-state index in [1.165, 1.54) is 60.3 Å². The number of hydrogen-bond acceptors (Lipinski definition) is 8. The van der Waals surface area contributed by atoms with Gasteiger partial charge in [-0.25, -0.2) is 12.8 Å². The number of carbonyl (C=O) groups is 1. The second-order valence-corrected chi connectivity index (χ2v) is 10.8. The molecule has 0 saturated carbocycles. The lowest BCUT2D eigenvalue weighted by atomic mass is 10.2. The van der Waals surface area contributed by atoms with Crippen molar-refractivity contribution in [3.8, 4) is 0 Å². The number of furan rings is 1. The smallest absolute Gasteiger partial charge is 0.293 e. The van der Waals surface area contributed by atoms with Gasteiger partial charge in [0.1, 0.15) is 5.82 Å². The van der Waals surface area contributed by atoms with Crippen LogP contribution in [0.15, 0.2) is 79.4 Å². The summed E-state index contributed by atoms with van der Waals surface area (Å²) in [6.45, 7) is 0. The molecule has 4 rings (SSSR count). The van der Waals surface area contributed by atoms with E-state index in [1.807, 2.05) is 0 Å². The summed E-state index contributed by atoms with van der Waals surface area (Å²) in [5.41, 5.74) is 0.919. The van der Waals surface area contributed by atoms with Gasteiger partial charge >= 0.3 is 0 Å². The van der Waals surface area contributed by atoms with Crippen molar-refractivity contribution >= 4 is 55.6 Å². The van der Waals surface area contributed by atoms with Gasteiger partial charge in [0.15, 0.2) is 10.1 Å². The first-order chi connectivity index (χ1) is 15.3. The average Bonchev–Trinajstić information content (AvgIpc) is 3.44. The molecule has 0 aliphatic carbocycles. The van der Waals surface area contributed by atoms with E-state index in [0.717, 1.165) is 16.9 Å². The van der Waals surface area contributed by atoms with E-state index >= 15 is 0 Å². The number of benzene rings is 2. The third-order valence-electron chi connectivity index (χ3n) is 4.10. The van der Waals surface area contributed by atoms with Gasteiger partial charge in [-0.3, -0.25) is 10.1 Å². The summed E-state index contributed by atoms with van der Waals surface area (Å²) in [6, 6.07) is 14.2. The molecule has 1 N–H and O–H groups in total. The Morgan fingerprint density at radius 2 is 1.78 bits per heavy atom. The largest absolute Gasteiger partial charge is 0.439 e. The monoisotopic (exact) mass is 509 g/mol. The Balaban J connectivity index is 1.40. The molecule has 2 aromatic carbocycles. The van der Waals surface area contributed by atoms with E-state index in [2.05, 4.69) is 15.5 Å². The van der Waals surface area contributed by atoms with Crippen LogP contribution in [0, 0.1) is 5.82 Å². The Hall–Kier alpha value is -2.73. The van der Waals surface area contributed by atoms with Gasteiger partial charge in [-0.2, -0.15) is 0 Å². The SMILES string of the molecule is O=C(Nc1nnc(SCc2ccc(F)cc2)s1)c1ccc(S(=O)(=O)c2ccc(Cl)cc2)o1. The second-order valence-electron chi connectivity index (χ2n) is 6.32. The molecule has 32 heavy (non-hydrogen) atoms. The molecule has 0 atom stereocenters. The molecular weight excluding hydrogens is 497 g/mol. The molecule has 2 aromatic heterocycles. The normalized spacial score (nSPS) is 11.4. The number of halogens is 2. The fraction of sp³-hybridized carbons (Fsp3) is 0.0500. The van der Waals surface area contributed by atoms with E-state index in [0.29, 0.717) is 15.1 Å². The molecule has 0 saturated heterocycles. The molecule has 0 radical (unpaired) electrons. The van der Waals surface area contributed by atoms with E-state index in [4.69, 9.17) is 16.0 Å². The van der Waals surface area contributed by atoms with Crippen LogP contribution in [0.25, 0.3) is 0 Å². The lowest BCUT2D eigenvalue weighted by Gasteiger charge is -2.01. The third-order valence-corrected chi connectivity index (χ3v) is 8.03. The zero-order valence-corrected chi connectivity index (χ0v) is 19.2. The number of carbonyl (C=O) groups excluding carboxylic acids is 1. The minimum absolute atomic E-state index is 0.00449. The van der Waals surface area contributed by atoms with Crippen molar-refractivity contribution in [2.75, 3.05) is 5.32 Å². The first-order valence-electron chi connectivity index (χ1n) is 8.94. The van der Waals surface area contributed by atoms with Crippen molar-refractivity contribution in [3.05, 3.63) is 82.8 Å². The van der Waals surface area contributed by atoms with Gasteiger partial charge in [0, 0.05) is 10.8 Å². The summed E-state index contributed by atoms with van der Waals surface area (Å²) in [4.78, 5) is 12.4. The zero-order chi connectivity index (χ0) is 22.7. The minimum Gasteiger partial charge on any atom is -0.439 e. The van der Waals surface area contributed by atoms with Crippen molar-refractivity contribution in [3.63, 3.8) is 0 Å². The molecule has 2 heterocycles. The van der Waals surface area contributed by atoms with Crippen LogP contribution < -0.4 is 5.32 Å². The van der Waals surface area contributed by atoms with Crippen LogP contribution in [-0.2, 0) is 15.6 Å². The summed E-state index contributed by atoms with van der Waals surface area (Å²) in [5.74, 6) is -0.587. The number of nitrogens with one attached hydrogen (secondary N) is 1. The zero-order valence-electron chi connectivity index (χ0n) is 16.0. The van der Waals surface area contributed by atoms with Crippen LogP contribution in [0.2, 0.25) is 5.02 Å². The fourth-order valence-electron chi connectivity index (χ4n) is 2.52. The molecule has 0 fully saturated rings. The van der Waals surface area contributed by atoms with Crippen LogP contribution in [0.3, 0.4) is 0 Å². The number of anilines is 1. The molecule has 164 valence electrons. The van der Waals surface area contributed by atoms with Gasteiger partial charge in [-0.1, -0.05) is 46.8 Å². The van der Waals surface area contributed by atoms with Gasteiger partial charge in [0.25, 0.3) is 5.91 Å². The Morgan fingerprint density at radius 1 is 1.06 bits per heavy atom. The Labute approximate surface area is 195 Å². The number of rotatable bonds is 7. The molecule has 0 spiro atoms. The number of amides is 1. The van der Waals surface area contributed by atoms with Crippen LogP contribution in [0.5, 0.6) is 0 Å². The first kappa shape index (κ1) is 22.5. The van der Waals surface area contributed by atoms with Crippen LogP contribution in [0.4, 0.5) is 9.52 Å². The Morgan fingerprint density at radius 3 is 2.50 bits per heavy atom. The highest BCUT2D eigenvalue weighted by Gasteiger charge is 2.24. The lowest BCUT2D eigenvalue weighted by molar-refractivity contribution is 0.0991. The van der Waals surface area contributed by atoms with E-state index in [1.54, 1.807) is 12.1 Å². The lowest BCUT2D eigenvalue weighted by Crippen LogP contribution is -2.10. The van der Waals surface area contributed by atoms with Crippen molar-refractivity contribution in [1.29, 1.82) is 0 Å². The highest BCUT2D eigenvalue weighted by molar-refractivity contribution is 8.00. The molecular formula is C20H13ClFN3O4S3. The van der Waals surface area contributed by atoms with Gasteiger partial charge in [0.05, 0.1) is 4.90 Å². The van der Waals surface area contributed by atoms with Crippen LogP contribution in [-0.4, -0.2) is 24.5 Å². The van der Waals surface area contributed by atoms with Crippen LogP contribution >= 0.6 is 34.7 Å². The second kappa shape index (κ2) is 9.41. The van der Waals surface area contributed by atoms with Gasteiger partial charge in [0.2, 0.25) is 20.1 Å². The molecule has 0 aliphatic rings. The highest BCUT2D eigenvalue weighted by Crippen LogP contribution is 2.29. The maximum Gasteiger partial charge on any atom is 0.293 e. The Kier molecular flexibility index (Phi) is 6.60. The van der Waals surface area contributed by atoms with Gasteiger partial charge in [-0.15, -0.1) is 10.2 Å². The molecule has 4 aromatic rings. The summed E-state index contributed by atoms with van der Waals surface area (Å²) >= 11 is 8.33. The molecule has 7 nitrogen and oxygen atoms in total. The predicted octanol–water partition coefficient (Wildman–Crippen LogP) is 5.30. The van der Waals surface area contributed by atoms with Crippen molar-refractivity contribution < 1.29 is 22.0 Å². The number of nitrogens with zero attached hydrogens (tertiary/aromatic N) is 2. The maximum absolute atomic E-state index is 13.0. The number of thioether (sulfide) groups is 1. The predicted molar refractivity (Wildman–Crippen MR) is 119 cm³/mol. The van der Waals surface area contributed by atoms with Crippen molar-refractivity contribution in [2.45, 2.75) is 20.1 Å². The van der Waals surface area contributed by atoms with Crippen molar-refractivity contribution in [1.82, 2.24) is 10.2 Å². The summed E-state index contributed by atoms with van der Waals surface area (Å²) in [6.07, 6.45) is 0. The standard InChI is InChI=1S/C20H13ClFN3O4S3/c21-13-3-7-15(8-4-13)32(27,28)17-10-9-16(29-17)18(26)23-19-24-25-20(31-19)30-11-12-1-5-14(22)6-2-12/h1-10H,11H2,(H,23,24,26). The highest BCUT2D eigenvalue weighted by atomic mass is 35.5. The summed E-state index contributed by atoms with van der Waals surface area (Å²) in [7, 11) is -3.93. The number of sulfone groups is 1. The fourth-order valence-corrected chi connectivity index (χ4v) is 5.52. The Bertz CT molecular complexity index is 1350. The third kappa shape index (κ3) is 5.18. The first-order valence-corrected chi connectivity index (χ1v) is 12.6. The average molecular weight is 510 g/mol. The number of aromatic nitrogens is 2.